The van der Waals surface area contributed by atoms with Crippen LogP contribution in [0.5, 0.6) is 0 Å². The Kier molecular flexibility index (Phi) is 2.63. The monoisotopic (exact) mass is 165 g/mol. The minimum Gasteiger partial charge on any atom is -0.462 e. The van der Waals surface area contributed by atoms with Gasteiger partial charge >= 0.3 is 5.97 Å². The van der Waals surface area contributed by atoms with Gasteiger partial charge in [-0.25, -0.2) is 9.78 Å². The van der Waals surface area contributed by atoms with E-state index in [1.54, 1.807) is 13.0 Å². The first-order valence-corrected chi connectivity index (χ1v) is 3.59. The Morgan fingerprint density at radius 1 is 1.75 bits per heavy atom. The second kappa shape index (κ2) is 3.71. The highest BCUT2D eigenvalue weighted by molar-refractivity contribution is 5.93. The summed E-state index contributed by atoms with van der Waals surface area (Å²) < 4.78 is 4.71. The van der Waals surface area contributed by atoms with Gasteiger partial charge in [-0.3, -0.25) is 5.73 Å². The van der Waals surface area contributed by atoms with Crippen molar-refractivity contribution in [3.05, 3.63) is 23.9 Å². The molecular weight excluding hydrogens is 156 g/mol. The summed E-state index contributed by atoms with van der Waals surface area (Å²) in [5.74, 6) is -0.536. The van der Waals surface area contributed by atoms with E-state index in [9.17, 15) is 4.79 Å². The van der Waals surface area contributed by atoms with Crippen molar-refractivity contribution in [3.63, 3.8) is 0 Å². The minimum absolute atomic E-state index is 0.0454. The number of pyridine rings is 1. The number of nitrogens with one attached hydrogen (secondary N) is 1. The first-order valence-electron chi connectivity index (χ1n) is 3.59. The van der Waals surface area contributed by atoms with Gasteiger partial charge in [-0.2, -0.15) is 0 Å². The first-order chi connectivity index (χ1) is 5.75. The lowest BCUT2D eigenvalue weighted by atomic mass is 10.2. The Labute approximate surface area is 70.4 Å². The van der Waals surface area contributed by atoms with E-state index in [2.05, 4.69) is 4.98 Å². The van der Waals surface area contributed by atoms with Gasteiger partial charge in [-0.1, -0.05) is 0 Å². The third-order valence-electron chi connectivity index (χ3n) is 1.30. The molecule has 0 fully saturated rings. The number of hydrogen-bond acceptors (Lipinski definition) is 3. The SMILES string of the molecule is CCOC(=O)c1cccnc1[NH]. The van der Waals surface area contributed by atoms with Crippen LogP contribution in [0.1, 0.15) is 17.3 Å². The van der Waals surface area contributed by atoms with Gasteiger partial charge in [0.25, 0.3) is 0 Å². The average Bonchev–Trinajstić information content (AvgIpc) is 2.05. The zero-order chi connectivity index (χ0) is 8.97. The van der Waals surface area contributed by atoms with Crippen molar-refractivity contribution in [2.45, 2.75) is 6.92 Å². The molecule has 1 aromatic heterocycles. The van der Waals surface area contributed by atoms with E-state index in [1.807, 2.05) is 0 Å². The smallest absolute Gasteiger partial charge is 0.341 e. The molecule has 1 heterocycles. The number of nitrogens with zero attached hydrogens (tertiary/aromatic N) is 1. The summed E-state index contributed by atoms with van der Waals surface area (Å²) in [6.07, 6.45) is 1.46. The molecule has 0 saturated carbocycles. The summed E-state index contributed by atoms with van der Waals surface area (Å²) in [6, 6.07) is 3.12. The Bertz CT molecular complexity index is 286. The predicted molar refractivity (Wildman–Crippen MR) is 43.0 cm³/mol. The van der Waals surface area contributed by atoms with Crippen molar-refractivity contribution in [2.24, 2.45) is 0 Å². The third kappa shape index (κ3) is 1.72. The van der Waals surface area contributed by atoms with Crippen molar-refractivity contribution < 1.29 is 9.53 Å². The molecule has 1 aromatic rings. The fourth-order valence-corrected chi connectivity index (χ4v) is 0.779. The number of aromatic nitrogens is 1. The van der Waals surface area contributed by atoms with E-state index < -0.39 is 5.97 Å². The van der Waals surface area contributed by atoms with Gasteiger partial charge in [0.05, 0.1) is 6.61 Å². The van der Waals surface area contributed by atoms with Gasteiger partial charge in [0.15, 0.2) is 5.82 Å². The highest BCUT2D eigenvalue weighted by atomic mass is 16.5. The van der Waals surface area contributed by atoms with Crippen LogP contribution in [0.4, 0.5) is 5.82 Å². The molecule has 4 nitrogen and oxygen atoms in total. The molecule has 63 valence electrons. The van der Waals surface area contributed by atoms with Gasteiger partial charge in [-0.05, 0) is 19.1 Å². The van der Waals surface area contributed by atoms with Crippen LogP contribution in [0.25, 0.3) is 0 Å². The number of esters is 1. The molecule has 1 radical (unpaired) electrons. The topological polar surface area (TPSA) is 63.0 Å². The van der Waals surface area contributed by atoms with E-state index in [0.717, 1.165) is 0 Å². The van der Waals surface area contributed by atoms with Gasteiger partial charge in [-0.15, -0.1) is 0 Å². The Hall–Kier alpha value is -1.58. The van der Waals surface area contributed by atoms with Crippen LogP contribution >= 0.6 is 0 Å². The zero-order valence-corrected chi connectivity index (χ0v) is 6.70. The molecule has 0 aliphatic heterocycles. The second-order valence-electron chi connectivity index (χ2n) is 2.12. The van der Waals surface area contributed by atoms with E-state index in [0.29, 0.717) is 6.61 Å². The van der Waals surface area contributed by atoms with Crippen LogP contribution in [0.15, 0.2) is 18.3 Å². The molecular formula is C8H9N2O2. The van der Waals surface area contributed by atoms with E-state index in [1.165, 1.54) is 12.3 Å². The molecule has 0 unspecified atom stereocenters. The summed E-state index contributed by atoms with van der Waals surface area (Å²) in [4.78, 5) is 14.7. The minimum atomic E-state index is -0.490. The Morgan fingerprint density at radius 3 is 3.08 bits per heavy atom. The summed E-state index contributed by atoms with van der Waals surface area (Å²) in [5, 5.41) is 0. The fourth-order valence-electron chi connectivity index (χ4n) is 0.779. The number of ether oxygens (including phenoxy) is 1. The quantitative estimate of drug-likeness (QED) is 0.618. The van der Waals surface area contributed by atoms with Crippen LogP contribution in [0.2, 0.25) is 0 Å². The van der Waals surface area contributed by atoms with Crippen LogP contribution in [-0.2, 0) is 4.74 Å². The van der Waals surface area contributed by atoms with Crippen LogP contribution in [-0.4, -0.2) is 17.6 Å². The highest BCUT2D eigenvalue weighted by Crippen LogP contribution is 2.09. The Morgan fingerprint density at radius 2 is 2.50 bits per heavy atom. The summed E-state index contributed by atoms with van der Waals surface area (Å²) >= 11 is 0. The lowest BCUT2D eigenvalue weighted by Gasteiger charge is -2.01. The molecule has 0 atom stereocenters. The maximum Gasteiger partial charge on any atom is 0.341 e. The van der Waals surface area contributed by atoms with Crippen LogP contribution < -0.4 is 5.73 Å². The maximum atomic E-state index is 11.1. The van der Waals surface area contributed by atoms with Crippen molar-refractivity contribution in [2.75, 3.05) is 6.61 Å². The van der Waals surface area contributed by atoms with Crippen molar-refractivity contribution in [1.29, 1.82) is 0 Å². The second-order valence-corrected chi connectivity index (χ2v) is 2.12. The normalized spacial score (nSPS) is 9.42. The molecule has 0 aliphatic carbocycles. The molecule has 0 spiro atoms. The molecule has 0 aliphatic rings. The first kappa shape index (κ1) is 8.52. The van der Waals surface area contributed by atoms with Gasteiger partial charge in [0.2, 0.25) is 0 Å². The lowest BCUT2D eigenvalue weighted by Crippen LogP contribution is -2.05. The summed E-state index contributed by atoms with van der Waals surface area (Å²) in [5.41, 5.74) is 7.48. The molecule has 0 saturated heterocycles. The van der Waals surface area contributed by atoms with Crippen molar-refractivity contribution in [3.8, 4) is 0 Å². The van der Waals surface area contributed by atoms with E-state index in [4.69, 9.17) is 10.5 Å². The fraction of sp³-hybridized carbons (Fsp3) is 0.250. The zero-order valence-electron chi connectivity index (χ0n) is 6.70. The van der Waals surface area contributed by atoms with Crippen molar-refractivity contribution >= 4 is 11.8 Å². The predicted octanol–water partition coefficient (Wildman–Crippen LogP) is 1.17. The number of hydrogen-bond donors (Lipinski definition) is 0. The largest absolute Gasteiger partial charge is 0.462 e. The maximum absolute atomic E-state index is 11.1. The van der Waals surface area contributed by atoms with Gasteiger partial charge < -0.3 is 4.74 Å². The molecule has 0 amide bonds. The average molecular weight is 165 g/mol. The summed E-state index contributed by atoms with van der Waals surface area (Å²) in [6.45, 7) is 2.03. The molecule has 1 rings (SSSR count). The molecule has 1 N–H and O–H groups in total. The number of carbonyl (C=O) groups is 1. The third-order valence-corrected chi connectivity index (χ3v) is 1.30. The molecule has 0 bridgehead atoms. The standard InChI is InChI=1S/C8H9N2O2/c1-2-12-8(11)6-4-3-5-10-7(6)9/h3-5,9H,2H2,1H3. The van der Waals surface area contributed by atoms with Crippen LogP contribution in [0.3, 0.4) is 0 Å². The van der Waals surface area contributed by atoms with Crippen LogP contribution in [0, 0.1) is 0 Å². The van der Waals surface area contributed by atoms with E-state index >= 15 is 0 Å². The number of carbonyl (C=O) groups excluding carboxylic acids is 1. The molecule has 0 aromatic carbocycles. The Balaban J connectivity index is 2.87. The van der Waals surface area contributed by atoms with Gasteiger partial charge in [0, 0.05) is 6.20 Å². The summed E-state index contributed by atoms with van der Waals surface area (Å²) in [7, 11) is 0. The van der Waals surface area contributed by atoms with Gasteiger partial charge in [0.1, 0.15) is 5.56 Å². The van der Waals surface area contributed by atoms with Crippen molar-refractivity contribution in [1.82, 2.24) is 10.7 Å². The lowest BCUT2D eigenvalue weighted by molar-refractivity contribution is 0.0527. The highest BCUT2D eigenvalue weighted by Gasteiger charge is 2.10. The number of rotatable bonds is 2. The molecule has 12 heavy (non-hydrogen) atoms. The molecule has 4 heteroatoms. The van der Waals surface area contributed by atoms with E-state index in [-0.39, 0.29) is 11.4 Å².